The molecule has 180 valence electrons. The number of aliphatic carboxylic acids is 1. The van der Waals surface area contributed by atoms with Crippen molar-refractivity contribution in [1.82, 2.24) is 0 Å². The number of methoxy groups -OCH3 is 2. The number of carbonyl (C=O) groups excluding carboxylic acids is 3. The largest absolute Gasteiger partial charge is 0.481 e. The van der Waals surface area contributed by atoms with Gasteiger partial charge in [-0.1, -0.05) is 0 Å². The quantitative estimate of drug-likeness (QED) is 0.419. The van der Waals surface area contributed by atoms with Crippen molar-refractivity contribution in [2.45, 2.75) is 58.3 Å². The van der Waals surface area contributed by atoms with E-state index in [4.69, 9.17) is 9.84 Å². The smallest absolute Gasteiger partial charge is 0.309 e. The van der Waals surface area contributed by atoms with Gasteiger partial charge in [-0.3, -0.25) is 19.2 Å². The molecule has 4 aliphatic carbocycles. The van der Waals surface area contributed by atoms with Crippen molar-refractivity contribution in [1.29, 1.82) is 0 Å². The average molecular weight is 453 g/mol. The number of carboxylic acid groups (broad SMARTS) is 1. The van der Waals surface area contributed by atoms with Gasteiger partial charge >= 0.3 is 23.9 Å². The molecule has 4 rings (SSSR count). The number of hydrogen-bond acceptors (Lipinski definition) is 7. The number of carboxylic acids is 1. The van der Waals surface area contributed by atoms with E-state index in [0.717, 1.165) is 49.4 Å². The molecule has 0 amide bonds. The molecule has 4 unspecified atom stereocenters. The Morgan fingerprint density at radius 3 is 1.53 bits per heavy atom. The maximum absolute atomic E-state index is 11.9. The van der Waals surface area contributed by atoms with Gasteiger partial charge in [0.2, 0.25) is 0 Å². The van der Waals surface area contributed by atoms with E-state index in [2.05, 4.69) is 9.47 Å². The Morgan fingerprint density at radius 1 is 0.750 bits per heavy atom. The van der Waals surface area contributed by atoms with Crippen LogP contribution in [-0.4, -0.2) is 49.8 Å². The number of hydrogen-bond donors (Lipinski definition) is 1. The molecule has 0 bridgehead atoms. The van der Waals surface area contributed by atoms with E-state index in [1.54, 1.807) is 6.92 Å². The molecule has 32 heavy (non-hydrogen) atoms. The monoisotopic (exact) mass is 452 g/mol. The molecule has 4 fully saturated rings. The van der Waals surface area contributed by atoms with E-state index >= 15 is 0 Å². The first kappa shape index (κ1) is 24.5. The fourth-order valence-corrected chi connectivity index (χ4v) is 5.85. The Morgan fingerprint density at radius 2 is 1.16 bits per heavy atom. The summed E-state index contributed by atoms with van der Waals surface area (Å²) in [5.41, 5.74) is 0. The highest BCUT2D eigenvalue weighted by molar-refractivity contribution is 5.80. The van der Waals surface area contributed by atoms with Crippen LogP contribution in [0.2, 0.25) is 0 Å². The Bertz CT molecular complexity index is 699. The number of rotatable bonds is 9. The Labute approximate surface area is 189 Å². The summed E-state index contributed by atoms with van der Waals surface area (Å²) < 4.78 is 14.3. The first-order chi connectivity index (χ1) is 15.3. The van der Waals surface area contributed by atoms with Gasteiger partial charge in [0.1, 0.15) is 0 Å². The minimum Gasteiger partial charge on any atom is -0.481 e. The molecule has 0 aromatic rings. The second-order valence-corrected chi connectivity index (χ2v) is 9.84. The third-order valence-corrected chi connectivity index (χ3v) is 7.83. The van der Waals surface area contributed by atoms with Gasteiger partial charge in [0.25, 0.3) is 0 Å². The van der Waals surface area contributed by atoms with E-state index in [1.807, 2.05) is 0 Å². The van der Waals surface area contributed by atoms with Crippen molar-refractivity contribution in [2.75, 3.05) is 20.8 Å². The number of fused-ring (bicyclic) bond motifs is 2. The van der Waals surface area contributed by atoms with Crippen LogP contribution in [0.15, 0.2) is 0 Å². The zero-order valence-electron chi connectivity index (χ0n) is 19.3. The lowest BCUT2D eigenvalue weighted by molar-refractivity contribution is -0.156. The van der Waals surface area contributed by atoms with Crippen LogP contribution >= 0.6 is 0 Å². The van der Waals surface area contributed by atoms with Crippen LogP contribution in [-0.2, 0) is 33.4 Å². The predicted molar refractivity (Wildman–Crippen MR) is 113 cm³/mol. The van der Waals surface area contributed by atoms with Crippen molar-refractivity contribution in [3.63, 3.8) is 0 Å². The lowest BCUT2D eigenvalue weighted by Gasteiger charge is -2.21. The Hall–Kier alpha value is -2.12. The van der Waals surface area contributed by atoms with Crippen molar-refractivity contribution in [2.24, 2.45) is 47.3 Å². The zero-order valence-corrected chi connectivity index (χ0v) is 19.3. The minimum atomic E-state index is -0.855. The summed E-state index contributed by atoms with van der Waals surface area (Å²) in [6.07, 6.45) is 6.88. The summed E-state index contributed by atoms with van der Waals surface area (Å²) in [4.78, 5) is 45.4. The molecule has 8 atom stereocenters. The van der Waals surface area contributed by atoms with Crippen molar-refractivity contribution >= 4 is 23.9 Å². The van der Waals surface area contributed by atoms with Gasteiger partial charge < -0.3 is 19.3 Å². The first-order valence-electron chi connectivity index (χ1n) is 11.8. The number of carbonyl (C=O) groups is 4. The lowest BCUT2D eigenvalue weighted by atomic mass is 9.86. The topological polar surface area (TPSA) is 116 Å². The van der Waals surface area contributed by atoms with Crippen molar-refractivity contribution < 1.29 is 38.5 Å². The van der Waals surface area contributed by atoms with E-state index in [0.29, 0.717) is 12.5 Å². The molecule has 0 aliphatic heterocycles. The molecule has 8 heteroatoms. The van der Waals surface area contributed by atoms with E-state index in [1.165, 1.54) is 27.1 Å². The molecule has 8 nitrogen and oxygen atoms in total. The summed E-state index contributed by atoms with van der Waals surface area (Å²) in [5.74, 6) is 0.943. The summed E-state index contributed by atoms with van der Waals surface area (Å²) >= 11 is 0. The van der Waals surface area contributed by atoms with E-state index < -0.39 is 17.9 Å². The van der Waals surface area contributed by atoms with Gasteiger partial charge in [-0.05, 0) is 81.0 Å². The predicted octanol–water partition coefficient (Wildman–Crippen LogP) is 3.07. The van der Waals surface area contributed by atoms with Gasteiger partial charge in [0.05, 0.1) is 45.5 Å². The molecular weight excluding hydrogens is 416 g/mol. The van der Waals surface area contributed by atoms with Crippen LogP contribution in [0.1, 0.15) is 58.3 Å². The number of esters is 3. The second-order valence-electron chi connectivity index (χ2n) is 9.84. The molecule has 0 aromatic carbocycles. The third-order valence-electron chi connectivity index (χ3n) is 7.83. The highest BCUT2D eigenvalue weighted by atomic mass is 16.5. The summed E-state index contributed by atoms with van der Waals surface area (Å²) in [5, 5.41) is 9.07. The highest BCUT2D eigenvalue weighted by Gasteiger charge is 2.50. The normalized spacial score (nSPS) is 32.8. The summed E-state index contributed by atoms with van der Waals surface area (Å²) in [6, 6.07) is 0. The fraction of sp³-hybridized carbons (Fsp3) is 0.833. The van der Waals surface area contributed by atoms with Crippen LogP contribution < -0.4 is 0 Å². The molecule has 0 radical (unpaired) electrons. The minimum absolute atomic E-state index is 0.0238. The molecule has 0 spiro atoms. The fourth-order valence-electron chi connectivity index (χ4n) is 5.85. The van der Waals surface area contributed by atoms with Crippen molar-refractivity contribution in [3.8, 4) is 0 Å². The molecule has 0 aromatic heterocycles. The van der Waals surface area contributed by atoms with Crippen LogP contribution in [0, 0.1) is 47.3 Å². The third kappa shape index (κ3) is 6.23. The van der Waals surface area contributed by atoms with Gasteiger partial charge in [-0.15, -0.1) is 0 Å². The summed E-state index contributed by atoms with van der Waals surface area (Å²) in [6.45, 7) is 2.16. The molecule has 1 N–H and O–H groups in total. The Balaban J connectivity index is 0.000000182. The molecule has 4 aliphatic rings. The van der Waals surface area contributed by atoms with Gasteiger partial charge in [-0.25, -0.2) is 0 Å². The van der Waals surface area contributed by atoms with Crippen molar-refractivity contribution in [3.05, 3.63) is 0 Å². The second kappa shape index (κ2) is 10.7. The average Bonchev–Trinajstić information content (AvgIpc) is 3.61. The standard InChI is InChI=1S/C13H20O4.C11H16O4/c1-3-17-13(15)11(7-12(14)16-2)10-5-8-4-9(8)6-10;1-15-10(12)5-9(11(13)14)8-3-6-2-7(6)4-8/h8-11H,3-7H2,1-2H3;6-9H,2-5H2,1H3,(H,13,14)/t8-,9+,10?,11?;6-,7+,8?,9?. The van der Waals surface area contributed by atoms with Gasteiger partial charge in [-0.2, -0.15) is 0 Å². The number of ether oxygens (including phenoxy) is 3. The van der Waals surface area contributed by atoms with Crippen LogP contribution in [0.5, 0.6) is 0 Å². The molecule has 4 saturated carbocycles. The summed E-state index contributed by atoms with van der Waals surface area (Å²) in [7, 11) is 2.66. The maximum Gasteiger partial charge on any atom is 0.309 e. The van der Waals surface area contributed by atoms with E-state index in [9.17, 15) is 19.2 Å². The maximum atomic E-state index is 11.9. The van der Waals surface area contributed by atoms with Crippen LogP contribution in [0.4, 0.5) is 0 Å². The van der Waals surface area contributed by atoms with Crippen LogP contribution in [0.3, 0.4) is 0 Å². The SMILES string of the molecule is CCOC(=O)C(CC(=O)OC)C1C[C@@H]2C[C@@H]2C1.COC(=O)CC(C(=O)O)C1C[C@@H]2C[C@@H]2C1. The van der Waals surface area contributed by atoms with Crippen LogP contribution in [0.25, 0.3) is 0 Å². The lowest BCUT2D eigenvalue weighted by Crippen LogP contribution is -2.28. The zero-order chi connectivity index (χ0) is 23.4. The first-order valence-corrected chi connectivity index (χ1v) is 11.8. The van der Waals surface area contributed by atoms with E-state index in [-0.39, 0.29) is 36.6 Å². The van der Waals surface area contributed by atoms with Gasteiger partial charge in [0, 0.05) is 0 Å². The Kier molecular flexibility index (Phi) is 8.17. The van der Waals surface area contributed by atoms with Gasteiger partial charge in [0.15, 0.2) is 0 Å². The highest BCUT2D eigenvalue weighted by Crippen LogP contribution is 2.57. The molecular formula is C24H36O8. The molecule has 0 heterocycles. The molecule has 0 saturated heterocycles.